The summed E-state index contributed by atoms with van der Waals surface area (Å²) in [6.07, 6.45) is 5.43. The van der Waals surface area contributed by atoms with Crippen molar-refractivity contribution in [3.8, 4) is 0 Å². The van der Waals surface area contributed by atoms with Gasteiger partial charge in [0.25, 0.3) is 0 Å². The van der Waals surface area contributed by atoms with Crippen LogP contribution in [-0.2, 0) is 4.74 Å². The summed E-state index contributed by atoms with van der Waals surface area (Å²) < 4.78 is 5.89. The molecular formula is C18H17ClN2O. The SMILES string of the molecule is C=C/C=C\C1=C(C)OC(=C(/N=C)c2ccccc2)/C1=N\CCl. The van der Waals surface area contributed by atoms with E-state index in [1.165, 1.54) is 0 Å². The number of benzene rings is 1. The fraction of sp³-hybridized carbons (Fsp3) is 0.111. The van der Waals surface area contributed by atoms with Crippen molar-refractivity contribution in [1.29, 1.82) is 0 Å². The highest BCUT2D eigenvalue weighted by atomic mass is 35.5. The van der Waals surface area contributed by atoms with Crippen molar-refractivity contribution in [2.24, 2.45) is 9.98 Å². The number of hydrogen-bond acceptors (Lipinski definition) is 3. The molecule has 3 nitrogen and oxygen atoms in total. The van der Waals surface area contributed by atoms with Crippen LogP contribution in [0.2, 0.25) is 0 Å². The lowest BCUT2D eigenvalue weighted by Crippen LogP contribution is -2.03. The zero-order valence-electron chi connectivity index (χ0n) is 12.4. The Morgan fingerprint density at radius 2 is 2.05 bits per heavy atom. The van der Waals surface area contributed by atoms with Crippen molar-refractivity contribution in [1.82, 2.24) is 0 Å². The molecule has 0 aliphatic carbocycles. The standard InChI is InChI=1S/C18H17ClN2O/c1-4-5-11-15-13(2)22-18(17(15)21-12-19)16(20-3)14-9-7-6-8-10-14/h4-11H,1,3,12H2,2H3/b11-5-,18-16+,21-17-. The highest BCUT2D eigenvalue weighted by Crippen LogP contribution is 2.33. The minimum Gasteiger partial charge on any atom is -0.457 e. The fourth-order valence-electron chi connectivity index (χ4n) is 2.17. The van der Waals surface area contributed by atoms with E-state index in [0.717, 1.165) is 16.9 Å². The van der Waals surface area contributed by atoms with E-state index in [2.05, 4.69) is 23.3 Å². The number of rotatable bonds is 5. The van der Waals surface area contributed by atoms with Gasteiger partial charge in [0.05, 0.1) is 0 Å². The quantitative estimate of drug-likeness (QED) is 0.334. The summed E-state index contributed by atoms with van der Waals surface area (Å²) in [4.78, 5) is 8.48. The third-order valence-electron chi connectivity index (χ3n) is 3.14. The highest BCUT2D eigenvalue weighted by Gasteiger charge is 2.27. The van der Waals surface area contributed by atoms with Crippen molar-refractivity contribution in [3.05, 3.63) is 77.8 Å². The van der Waals surface area contributed by atoms with Gasteiger partial charge in [0.2, 0.25) is 0 Å². The number of alkyl halides is 1. The third kappa shape index (κ3) is 3.26. The summed E-state index contributed by atoms with van der Waals surface area (Å²) in [7, 11) is 0. The average molecular weight is 313 g/mol. The maximum atomic E-state index is 5.89. The summed E-state index contributed by atoms with van der Waals surface area (Å²) in [5.74, 6) is 1.32. The Bertz CT molecular complexity index is 697. The Balaban J connectivity index is 2.58. The van der Waals surface area contributed by atoms with Crippen molar-refractivity contribution in [3.63, 3.8) is 0 Å². The first-order valence-electron chi connectivity index (χ1n) is 6.78. The molecule has 1 aromatic rings. The Kier molecular flexibility index (Phi) is 5.50. The van der Waals surface area contributed by atoms with Gasteiger partial charge in [-0.05, 0) is 19.7 Å². The molecule has 0 saturated carbocycles. The van der Waals surface area contributed by atoms with Crippen molar-refractivity contribution in [2.75, 3.05) is 6.00 Å². The van der Waals surface area contributed by atoms with Gasteiger partial charge in [0, 0.05) is 11.1 Å². The second-order valence-corrected chi connectivity index (χ2v) is 4.73. The average Bonchev–Trinajstić information content (AvgIpc) is 2.84. The number of hydrogen-bond donors (Lipinski definition) is 0. The maximum Gasteiger partial charge on any atom is 0.179 e. The Hall–Kier alpha value is -2.39. The molecule has 1 aliphatic rings. The minimum atomic E-state index is 0.139. The number of nitrogens with zero attached hydrogens (tertiary/aromatic N) is 2. The Labute approximate surface area is 135 Å². The molecule has 112 valence electrons. The van der Waals surface area contributed by atoms with Gasteiger partial charge in [0.1, 0.15) is 23.2 Å². The summed E-state index contributed by atoms with van der Waals surface area (Å²) in [6.45, 7) is 9.22. The lowest BCUT2D eigenvalue weighted by atomic mass is 10.1. The third-order valence-corrected chi connectivity index (χ3v) is 3.26. The summed E-state index contributed by atoms with van der Waals surface area (Å²) >= 11 is 5.81. The van der Waals surface area contributed by atoms with E-state index in [4.69, 9.17) is 16.3 Å². The van der Waals surface area contributed by atoms with E-state index >= 15 is 0 Å². The van der Waals surface area contributed by atoms with Crippen LogP contribution in [0.5, 0.6) is 0 Å². The maximum absolute atomic E-state index is 5.89. The summed E-state index contributed by atoms with van der Waals surface area (Å²) in [5.41, 5.74) is 3.10. The van der Waals surface area contributed by atoms with Gasteiger partial charge < -0.3 is 4.74 Å². The van der Waals surface area contributed by atoms with Crippen LogP contribution in [0.1, 0.15) is 12.5 Å². The molecule has 4 heteroatoms. The molecule has 2 rings (SSSR count). The largest absolute Gasteiger partial charge is 0.457 e. The fourth-order valence-corrected chi connectivity index (χ4v) is 2.29. The van der Waals surface area contributed by atoms with E-state index < -0.39 is 0 Å². The molecule has 0 saturated heterocycles. The van der Waals surface area contributed by atoms with Crippen LogP contribution in [0.15, 0.2) is 82.2 Å². The molecule has 0 atom stereocenters. The molecule has 0 spiro atoms. The van der Waals surface area contributed by atoms with Crippen LogP contribution in [0.25, 0.3) is 5.70 Å². The van der Waals surface area contributed by atoms with Crippen molar-refractivity contribution < 1.29 is 4.74 Å². The molecule has 0 N–H and O–H groups in total. The number of allylic oxidation sites excluding steroid dienone is 5. The van der Waals surface area contributed by atoms with Crippen molar-refractivity contribution >= 4 is 29.7 Å². The molecule has 0 fully saturated rings. The number of aliphatic imine (C=N–C) groups is 2. The second kappa shape index (κ2) is 7.57. The van der Waals surface area contributed by atoms with Gasteiger partial charge in [-0.2, -0.15) is 0 Å². The van der Waals surface area contributed by atoms with Crippen molar-refractivity contribution in [2.45, 2.75) is 6.92 Å². The predicted molar refractivity (Wildman–Crippen MR) is 94.2 cm³/mol. The molecular weight excluding hydrogens is 296 g/mol. The first-order valence-corrected chi connectivity index (χ1v) is 7.31. The molecule has 0 bridgehead atoms. The first kappa shape index (κ1) is 16.0. The van der Waals surface area contributed by atoms with Gasteiger partial charge in [-0.3, -0.25) is 9.98 Å². The number of ether oxygens (including phenoxy) is 1. The highest BCUT2D eigenvalue weighted by molar-refractivity contribution is 6.22. The smallest absolute Gasteiger partial charge is 0.179 e. The monoisotopic (exact) mass is 312 g/mol. The molecule has 1 aliphatic heterocycles. The van der Waals surface area contributed by atoms with Gasteiger partial charge in [0.15, 0.2) is 5.76 Å². The van der Waals surface area contributed by atoms with Gasteiger partial charge in [-0.15, -0.1) is 11.6 Å². The minimum absolute atomic E-state index is 0.139. The van der Waals surface area contributed by atoms with E-state index in [9.17, 15) is 0 Å². The lowest BCUT2D eigenvalue weighted by Gasteiger charge is -2.08. The first-order chi connectivity index (χ1) is 10.7. The van der Waals surface area contributed by atoms with Crippen LogP contribution in [0.3, 0.4) is 0 Å². The van der Waals surface area contributed by atoms with E-state index in [0.29, 0.717) is 17.2 Å². The van der Waals surface area contributed by atoms with E-state index in [-0.39, 0.29) is 6.00 Å². The Morgan fingerprint density at radius 3 is 2.64 bits per heavy atom. The molecule has 22 heavy (non-hydrogen) atoms. The molecule has 0 unspecified atom stereocenters. The van der Waals surface area contributed by atoms with Gasteiger partial charge in [-0.25, -0.2) is 0 Å². The second-order valence-electron chi connectivity index (χ2n) is 4.49. The molecule has 0 aromatic heterocycles. The zero-order valence-corrected chi connectivity index (χ0v) is 13.2. The topological polar surface area (TPSA) is 34.0 Å². The molecule has 1 aromatic carbocycles. The number of halogens is 1. The lowest BCUT2D eigenvalue weighted by molar-refractivity contribution is 0.343. The summed E-state index contributed by atoms with van der Waals surface area (Å²) in [5, 5.41) is 0. The van der Waals surface area contributed by atoms with Gasteiger partial charge >= 0.3 is 0 Å². The predicted octanol–water partition coefficient (Wildman–Crippen LogP) is 4.74. The van der Waals surface area contributed by atoms with Crippen LogP contribution >= 0.6 is 11.6 Å². The summed E-state index contributed by atoms with van der Waals surface area (Å²) in [6, 6.07) is 9.86. The molecule has 0 amide bonds. The normalized spacial score (nSPS) is 18.7. The van der Waals surface area contributed by atoms with Gasteiger partial charge in [-0.1, -0.05) is 49.1 Å². The van der Waals surface area contributed by atoms with Crippen LogP contribution in [-0.4, -0.2) is 18.4 Å². The molecule has 1 heterocycles. The van der Waals surface area contributed by atoms with E-state index in [1.807, 2.05) is 49.4 Å². The van der Waals surface area contributed by atoms with Crippen LogP contribution in [0, 0.1) is 0 Å². The zero-order chi connectivity index (χ0) is 15.9. The Morgan fingerprint density at radius 1 is 1.32 bits per heavy atom. The van der Waals surface area contributed by atoms with Crippen LogP contribution < -0.4 is 0 Å². The van der Waals surface area contributed by atoms with Crippen LogP contribution in [0.4, 0.5) is 0 Å². The van der Waals surface area contributed by atoms with E-state index in [1.54, 1.807) is 6.08 Å². The molecule has 0 radical (unpaired) electrons.